The molecule has 1 aliphatic heterocycles. The molecule has 0 unspecified atom stereocenters. The molecule has 2 aromatic carbocycles. The van der Waals surface area contributed by atoms with Crippen LogP contribution in [0.5, 0.6) is 11.5 Å². The van der Waals surface area contributed by atoms with Crippen molar-refractivity contribution in [2.75, 3.05) is 27.3 Å². The number of methoxy groups -OCH3 is 2. The van der Waals surface area contributed by atoms with Crippen LogP contribution in [0.4, 0.5) is 0 Å². The molecule has 0 aliphatic carbocycles. The largest absolute Gasteiger partial charge is 0.497 e. The normalized spacial score (nSPS) is 13.4. The summed E-state index contributed by atoms with van der Waals surface area (Å²) >= 11 is 0. The van der Waals surface area contributed by atoms with Crippen molar-refractivity contribution in [3.63, 3.8) is 0 Å². The second-order valence-electron chi connectivity index (χ2n) is 6.91. The summed E-state index contributed by atoms with van der Waals surface area (Å²) in [7, 11) is 3.27. The highest BCUT2D eigenvalue weighted by Gasteiger charge is 2.23. The van der Waals surface area contributed by atoms with Crippen LogP contribution in [0.2, 0.25) is 0 Å². The molecule has 0 bridgehead atoms. The summed E-state index contributed by atoms with van der Waals surface area (Å²) in [6.45, 7) is 1.55. The average molecular weight is 389 g/mol. The van der Waals surface area contributed by atoms with Crippen molar-refractivity contribution in [1.82, 2.24) is 14.9 Å². The maximum absolute atomic E-state index is 12.8. The van der Waals surface area contributed by atoms with Crippen molar-refractivity contribution in [1.29, 1.82) is 0 Å². The molecule has 6 heteroatoms. The van der Waals surface area contributed by atoms with Crippen LogP contribution in [-0.2, 0) is 0 Å². The van der Waals surface area contributed by atoms with Gasteiger partial charge in [-0.05, 0) is 61.4 Å². The van der Waals surface area contributed by atoms with E-state index in [0.717, 1.165) is 54.3 Å². The van der Waals surface area contributed by atoms with E-state index in [1.54, 1.807) is 20.4 Å². The van der Waals surface area contributed by atoms with E-state index >= 15 is 0 Å². The molecule has 2 heterocycles. The molecule has 29 heavy (non-hydrogen) atoms. The van der Waals surface area contributed by atoms with Gasteiger partial charge in [-0.25, -0.2) is 4.98 Å². The zero-order chi connectivity index (χ0) is 20.2. The monoisotopic (exact) mass is 389 g/mol. The highest BCUT2D eigenvalue weighted by Crippen LogP contribution is 2.31. The fourth-order valence-corrected chi connectivity index (χ4v) is 3.48. The van der Waals surface area contributed by atoms with Crippen molar-refractivity contribution in [3.05, 3.63) is 60.4 Å². The quantitative estimate of drug-likeness (QED) is 0.658. The van der Waals surface area contributed by atoms with E-state index in [9.17, 15) is 4.79 Å². The van der Waals surface area contributed by atoms with Crippen molar-refractivity contribution >= 4 is 5.91 Å². The number of hydrogen-bond acceptors (Lipinski definition) is 5. The molecule has 4 rings (SSSR count). The Hall–Kier alpha value is -3.41. The van der Waals surface area contributed by atoms with Gasteiger partial charge in [-0.15, -0.1) is 0 Å². The van der Waals surface area contributed by atoms with E-state index in [2.05, 4.69) is 4.98 Å². The van der Waals surface area contributed by atoms with Crippen molar-refractivity contribution < 1.29 is 14.3 Å². The van der Waals surface area contributed by atoms with E-state index in [-0.39, 0.29) is 5.91 Å². The first-order chi connectivity index (χ1) is 14.2. The van der Waals surface area contributed by atoms with Gasteiger partial charge in [0.25, 0.3) is 5.91 Å². The first kappa shape index (κ1) is 18.9. The second kappa shape index (κ2) is 8.31. The van der Waals surface area contributed by atoms with Gasteiger partial charge in [0.1, 0.15) is 17.2 Å². The number of benzene rings is 2. The van der Waals surface area contributed by atoms with E-state index < -0.39 is 0 Å². The van der Waals surface area contributed by atoms with Gasteiger partial charge in [0.05, 0.1) is 31.8 Å². The molecule has 148 valence electrons. The molecule has 1 amide bonds. The Labute approximate surface area is 170 Å². The molecule has 0 atom stereocenters. The number of carbonyl (C=O) groups is 1. The number of rotatable bonds is 5. The number of aromatic nitrogens is 2. The summed E-state index contributed by atoms with van der Waals surface area (Å²) in [6.07, 6.45) is 3.65. The Bertz CT molecular complexity index is 995. The van der Waals surface area contributed by atoms with Crippen LogP contribution in [0.15, 0.2) is 54.7 Å². The van der Waals surface area contributed by atoms with Crippen LogP contribution in [0, 0.1) is 0 Å². The van der Waals surface area contributed by atoms with Crippen LogP contribution in [0.3, 0.4) is 0 Å². The van der Waals surface area contributed by atoms with Crippen LogP contribution < -0.4 is 9.47 Å². The number of amides is 1. The van der Waals surface area contributed by atoms with Gasteiger partial charge in [-0.1, -0.05) is 0 Å². The highest BCUT2D eigenvalue weighted by atomic mass is 16.5. The molecule has 0 saturated carbocycles. The predicted octanol–water partition coefficient (Wildman–Crippen LogP) is 4.06. The second-order valence-corrected chi connectivity index (χ2v) is 6.91. The fraction of sp³-hybridized carbons (Fsp3) is 0.261. The molecular formula is C23H23N3O3. The number of likely N-dealkylation sites (tertiary alicyclic amines) is 1. The van der Waals surface area contributed by atoms with Crippen molar-refractivity contribution in [2.45, 2.75) is 12.8 Å². The van der Waals surface area contributed by atoms with E-state index in [4.69, 9.17) is 14.5 Å². The lowest BCUT2D eigenvalue weighted by molar-refractivity contribution is 0.0786. The van der Waals surface area contributed by atoms with E-state index in [0.29, 0.717) is 11.4 Å². The number of ether oxygens (including phenoxy) is 2. The van der Waals surface area contributed by atoms with Gasteiger partial charge in [0, 0.05) is 24.2 Å². The molecule has 1 fully saturated rings. The van der Waals surface area contributed by atoms with Crippen molar-refractivity contribution in [3.8, 4) is 34.0 Å². The fourth-order valence-electron chi connectivity index (χ4n) is 3.48. The Morgan fingerprint density at radius 3 is 1.86 bits per heavy atom. The smallest absolute Gasteiger partial charge is 0.274 e. The molecule has 1 aromatic heterocycles. The Morgan fingerprint density at radius 2 is 1.34 bits per heavy atom. The zero-order valence-electron chi connectivity index (χ0n) is 16.6. The maximum atomic E-state index is 12.8. The predicted molar refractivity (Wildman–Crippen MR) is 111 cm³/mol. The third-order valence-electron chi connectivity index (χ3n) is 5.11. The highest BCUT2D eigenvalue weighted by molar-refractivity contribution is 5.93. The molecule has 0 spiro atoms. The topological polar surface area (TPSA) is 64.5 Å². The Kier molecular flexibility index (Phi) is 5.42. The van der Waals surface area contributed by atoms with Gasteiger partial charge in [-0.3, -0.25) is 9.78 Å². The van der Waals surface area contributed by atoms with Crippen LogP contribution in [0.1, 0.15) is 23.3 Å². The molecule has 1 aliphatic rings. The lowest BCUT2D eigenvalue weighted by atomic mass is 10.0. The van der Waals surface area contributed by atoms with Crippen LogP contribution >= 0.6 is 0 Å². The number of hydrogen-bond donors (Lipinski definition) is 0. The minimum absolute atomic E-state index is 0.0638. The summed E-state index contributed by atoms with van der Waals surface area (Å²) in [6, 6.07) is 15.3. The maximum Gasteiger partial charge on any atom is 0.274 e. The summed E-state index contributed by atoms with van der Waals surface area (Å²) < 4.78 is 10.5. The first-order valence-corrected chi connectivity index (χ1v) is 9.65. The first-order valence-electron chi connectivity index (χ1n) is 9.65. The SMILES string of the molecule is COc1ccc(-c2ncc(C(=O)N3CCCC3)nc2-c2ccc(OC)cc2)cc1. The van der Waals surface area contributed by atoms with E-state index in [1.807, 2.05) is 53.4 Å². The van der Waals surface area contributed by atoms with Gasteiger partial charge in [0.2, 0.25) is 0 Å². The minimum atomic E-state index is -0.0638. The molecule has 6 nitrogen and oxygen atoms in total. The molecule has 1 saturated heterocycles. The standard InChI is InChI=1S/C23H23N3O3/c1-28-18-9-5-16(6-10-18)21-22(17-7-11-19(29-2)12-8-17)25-20(15-24-21)23(27)26-13-3-4-14-26/h5-12,15H,3-4,13-14H2,1-2H3. The van der Waals surface area contributed by atoms with Gasteiger partial charge < -0.3 is 14.4 Å². The summed E-state index contributed by atoms with van der Waals surface area (Å²) in [4.78, 5) is 24.1. The lowest BCUT2D eigenvalue weighted by Crippen LogP contribution is -2.28. The average Bonchev–Trinajstić information content (AvgIpc) is 3.33. The third-order valence-corrected chi connectivity index (χ3v) is 5.11. The minimum Gasteiger partial charge on any atom is -0.497 e. The van der Waals surface area contributed by atoms with Gasteiger partial charge in [-0.2, -0.15) is 0 Å². The van der Waals surface area contributed by atoms with E-state index in [1.165, 1.54) is 0 Å². The molecule has 3 aromatic rings. The number of nitrogens with zero attached hydrogens (tertiary/aromatic N) is 3. The third kappa shape index (κ3) is 3.92. The molecule has 0 N–H and O–H groups in total. The lowest BCUT2D eigenvalue weighted by Gasteiger charge is -2.16. The van der Waals surface area contributed by atoms with Gasteiger partial charge >= 0.3 is 0 Å². The summed E-state index contributed by atoms with van der Waals surface area (Å²) in [5.41, 5.74) is 3.54. The summed E-state index contributed by atoms with van der Waals surface area (Å²) in [5, 5.41) is 0. The molecular weight excluding hydrogens is 366 g/mol. The zero-order valence-corrected chi connectivity index (χ0v) is 16.6. The Balaban J connectivity index is 1.79. The number of carbonyl (C=O) groups excluding carboxylic acids is 1. The summed E-state index contributed by atoms with van der Waals surface area (Å²) in [5.74, 6) is 1.47. The van der Waals surface area contributed by atoms with Crippen LogP contribution in [-0.4, -0.2) is 48.1 Å². The van der Waals surface area contributed by atoms with Crippen LogP contribution in [0.25, 0.3) is 22.5 Å². The van der Waals surface area contributed by atoms with Crippen molar-refractivity contribution in [2.24, 2.45) is 0 Å². The Morgan fingerprint density at radius 1 is 0.828 bits per heavy atom. The van der Waals surface area contributed by atoms with Gasteiger partial charge in [0.15, 0.2) is 0 Å². The molecule has 0 radical (unpaired) electrons.